The van der Waals surface area contributed by atoms with E-state index >= 15 is 0 Å². The fourth-order valence-electron chi connectivity index (χ4n) is 5.07. The number of benzene rings is 5. The van der Waals surface area contributed by atoms with Crippen LogP contribution in [0, 0.1) is 5.82 Å². The smallest absolute Gasteiger partial charge is 0.272 e. The van der Waals surface area contributed by atoms with Gasteiger partial charge in [0.1, 0.15) is 22.5 Å². The number of carbonyl (C=O) groups excluding carboxylic acids is 3. The van der Waals surface area contributed by atoms with Crippen LogP contribution in [0.3, 0.4) is 0 Å². The number of aromatic nitrogens is 1. The summed E-state index contributed by atoms with van der Waals surface area (Å²) in [5.41, 5.74) is 3.75. The molecule has 5 aromatic carbocycles. The number of anilines is 2. The monoisotopic (exact) mass is 728 g/mol. The van der Waals surface area contributed by atoms with E-state index in [-0.39, 0.29) is 17.4 Å². The average Bonchev–Trinajstić information content (AvgIpc) is 3.63. The van der Waals surface area contributed by atoms with Crippen molar-refractivity contribution in [3.8, 4) is 17.0 Å². The number of thioether (sulfide) groups is 1. The van der Waals surface area contributed by atoms with E-state index in [1.807, 2.05) is 49.4 Å². The molecule has 0 radical (unpaired) electrons. The molecular formula is C41H33FN4O4S2. The van der Waals surface area contributed by atoms with Gasteiger partial charge in [-0.1, -0.05) is 66.7 Å². The molecule has 0 fully saturated rings. The summed E-state index contributed by atoms with van der Waals surface area (Å²) in [6.07, 6.45) is 1.60. The molecule has 260 valence electrons. The summed E-state index contributed by atoms with van der Waals surface area (Å²) in [4.78, 5) is 45.9. The van der Waals surface area contributed by atoms with Crippen LogP contribution in [-0.2, 0) is 9.59 Å². The Morgan fingerprint density at radius 3 is 2.27 bits per heavy atom. The van der Waals surface area contributed by atoms with Gasteiger partial charge in [0, 0.05) is 27.1 Å². The molecule has 1 aromatic heterocycles. The number of halogens is 1. The maximum Gasteiger partial charge on any atom is 0.272 e. The van der Waals surface area contributed by atoms with Gasteiger partial charge in [0.05, 0.1) is 12.3 Å². The van der Waals surface area contributed by atoms with E-state index in [0.717, 1.165) is 16.0 Å². The Morgan fingerprint density at radius 2 is 1.56 bits per heavy atom. The molecule has 1 atom stereocenters. The highest BCUT2D eigenvalue weighted by Gasteiger charge is 2.24. The minimum atomic E-state index is -0.661. The van der Waals surface area contributed by atoms with Gasteiger partial charge < -0.3 is 20.7 Å². The van der Waals surface area contributed by atoms with Crippen LogP contribution in [0.15, 0.2) is 149 Å². The summed E-state index contributed by atoms with van der Waals surface area (Å²) in [6.45, 7) is 2.42. The Labute approximate surface area is 308 Å². The lowest BCUT2D eigenvalue weighted by Gasteiger charge is -2.17. The zero-order chi connectivity index (χ0) is 36.3. The van der Waals surface area contributed by atoms with Crippen molar-refractivity contribution < 1.29 is 23.5 Å². The lowest BCUT2D eigenvalue weighted by atomic mass is 10.1. The summed E-state index contributed by atoms with van der Waals surface area (Å²) in [5.74, 6) is -0.890. The summed E-state index contributed by atoms with van der Waals surface area (Å²) in [7, 11) is 0. The second-order valence-corrected chi connectivity index (χ2v) is 13.3. The van der Waals surface area contributed by atoms with Crippen LogP contribution in [0.2, 0.25) is 0 Å². The molecule has 1 unspecified atom stereocenters. The summed E-state index contributed by atoms with van der Waals surface area (Å²) < 4.78 is 19.0. The number of amides is 3. The maximum atomic E-state index is 13.8. The van der Waals surface area contributed by atoms with Crippen molar-refractivity contribution in [2.45, 2.75) is 17.1 Å². The molecule has 0 aliphatic rings. The van der Waals surface area contributed by atoms with E-state index in [1.165, 1.54) is 35.2 Å². The van der Waals surface area contributed by atoms with Crippen LogP contribution in [0.25, 0.3) is 17.3 Å². The van der Waals surface area contributed by atoms with Crippen molar-refractivity contribution in [2.24, 2.45) is 0 Å². The van der Waals surface area contributed by atoms with Crippen LogP contribution in [0.4, 0.5) is 15.2 Å². The standard InChI is InChI=1S/C41H33FN4O4S2/c1-2-50-33-22-16-27(17-23-33)24-35(44-38(47)30-12-7-4-8-13-30)39(48)43-32-14-9-15-34(25-32)52-37(29-10-5-3-6-11-29)40(49)46-41-45-36(26-51-41)28-18-20-31(42)21-19-28/h3-26,37H,2H2,1H3,(H,43,48)(H,44,47)(H,45,46,49)/b35-24+. The second kappa shape index (κ2) is 17.3. The van der Waals surface area contributed by atoms with E-state index < -0.39 is 17.1 Å². The zero-order valence-corrected chi connectivity index (χ0v) is 29.5. The molecule has 0 spiro atoms. The molecule has 6 rings (SSSR count). The number of hydrogen-bond donors (Lipinski definition) is 3. The fourth-order valence-corrected chi connectivity index (χ4v) is 6.88. The molecular weight excluding hydrogens is 696 g/mol. The third-order valence-electron chi connectivity index (χ3n) is 7.59. The van der Waals surface area contributed by atoms with Crippen molar-refractivity contribution in [3.63, 3.8) is 0 Å². The van der Waals surface area contributed by atoms with Gasteiger partial charge in [0.15, 0.2) is 5.13 Å². The van der Waals surface area contributed by atoms with E-state index in [0.29, 0.717) is 40.0 Å². The molecule has 8 nitrogen and oxygen atoms in total. The van der Waals surface area contributed by atoms with E-state index in [9.17, 15) is 18.8 Å². The Morgan fingerprint density at radius 1 is 0.846 bits per heavy atom. The molecule has 0 aliphatic carbocycles. The first-order chi connectivity index (χ1) is 25.3. The molecule has 1 heterocycles. The zero-order valence-electron chi connectivity index (χ0n) is 27.9. The Bertz CT molecular complexity index is 2170. The number of hydrogen-bond acceptors (Lipinski definition) is 7. The number of ether oxygens (including phenoxy) is 1. The van der Waals surface area contributed by atoms with Gasteiger partial charge in [-0.25, -0.2) is 9.37 Å². The maximum absolute atomic E-state index is 13.8. The average molecular weight is 729 g/mol. The molecule has 0 saturated heterocycles. The van der Waals surface area contributed by atoms with Crippen molar-refractivity contribution in [1.29, 1.82) is 0 Å². The minimum absolute atomic E-state index is 0.0427. The number of rotatable bonds is 13. The van der Waals surface area contributed by atoms with Crippen LogP contribution in [0.1, 0.15) is 33.7 Å². The topological polar surface area (TPSA) is 109 Å². The lowest BCUT2D eigenvalue weighted by Crippen LogP contribution is -2.30. The first-order valence-corrected chi connectivity index (χ1v) is 18.1. The second-order valence-electron chi connectivity index (χ2n) is 11.3. The molecule has 52 heavy (non-hydrogen) atoms. The predicted molar refractivity (Wildman–Crippen MR) is 206 cm³/mol. The largest absolute Gasteiger partial charge is 0.494 e. The Hall–Kier alpha value is -6.04. The Balaban J connectivity index is 1.21. The van der Waals surface area contributed by atoms with Gasteiger partial charge >= 0.3 is 0 Å². The van der Waals surface area contributed by atoms with Crippen LogP contribution in [-0.4, -0.2) is 29.3 Å². The predicted octanol–water partition coefficient (Wildman–Crippen LogP) is 9.23. The summed E-state index contributed by atoms with van der Waals surface area (Å²) in [6, 6.07) is 38.4. The number of thiazole rings is 1. The molecule has 0 saturated carbocycles. The van der Waals surface area contributed by atoms with E-state index in [1.54, 1.807) is 90.3 Å². The highest BCUT2D eigenvalue weighted by molar-refractivity contribution is 8.00. The SMILES string of the molecule is CCOc1ccc(/C=C(/NC(=O)c2ccccc2)C(=O)Nc2cccc(SC(C(=O)Nc3nc(-c4ccc(F)cc4)cs3)c3ccccc3)c2)cc1. The lowest BCUT2D eigenvalue weighted by molar-refractivity contribution is -0.116. The highest BCUT2D eigenvalue weighted by atomic mass is 32.2. The van der Waals surface area contributed by atoms with Gasteiger partial charge in [0.2, 0.25) is 5.91 Å². The van der Waals surface area contributed by atoms with Crippen molar-refractivity contribution in [2.75, 3.05) is 17.2 Å². The van der Waals surface area contributed by atoms with Gasteiger partial charge in [-0.3, -0.25) is 14.4 Å². The number of carbonyl (C=O) groups is 3. The van der Waals surface area contributed by atoms with Crippen LogP contribution >= 0.6 is 23.1 Å². The van der Waals surface area contributed by atoms with Gasteiger partial charge in [-0.15, -0.1) is 23.1 Å². The van der Waals surface area contributed by atoms with Gasteiger partial charge in [-0.2, -0.15) is 0 Å². The molecule has 0 bridgehead atoms. The summed E-state index contributed by atoms with van der Waals surface area (Å²) in [5, 5.41) is 10.2. The minimum Gasteiger partial charge on any atom is -0.494 e. The highest BCUT2D eigenvalue weighted by Crippen LogP contribution is 2.38. The van der Waals surface area contributed by atoms with Crippen LogP contribution in [0.5, 0.6) is 5.75 Å². The molecule has 3 amide bonds. The third kappa shape index (κ3) is 9.59. The number of nitrogens with one attached hydrogen (secondary N) is 3. The van der Waals surface area contributed by atoms with Crippen molar-refractivity contribution in [3.05, 3.63) is 167 Å². The summed E-state index contributed by atoms with van der Waals surface area (Å²) >= 11 is 2.59. The van der Waals surface area contributed by atoms with E-state index in [4.69, 9.17) is 4.74 Å². The van der Waals surface area contributed by atoms with Crippen molar-refractivity contribution >= 4 is 57.7 Å². The molecule has 6 aromatic rings. The van der Waals surface area contributed by atoms with Crippen LogP contribution < -0.4 is 20.7 Å². The fraction of sp³-hybridized carbons (Fsp3) is 0.0732. The first kappa shape index (κ1) is 35.8. The normalized spacial score (nSPS) is 11.7. The Kier molecular flexibility index (Phi) is 11.9. The molecule has 0 aliphatic heterocycles. The molecule has 11 heteroatoms. The van der Waals surface area contributed by atoms with Crippen molar-refractivity contribution in [1.82, 2.24) is 10.3 Å². The van der Waals surface area contributed by atoms with Gasteiger partial charge in [-0.05, 0) is 90.9 Å². The quantitative estimate of drug-likeness (QED) is 0.0809. The third-order valence-corrected chi connectivity index (χ3v) is 9.60. The van der Waals surface area contributed by atoms with E-state index in [2.05, 4.69) is 20.9 Å². The van der Waals surface area contributed by atoms with Gasteiger partial charge in [0.25, 0.3) is 11.8 Å². The number of nitrogens with zero attached hydrogens (tertiary/aromatic N) is 1. The first-order valence-electron chi connectivity index (χ1n) is 16.3. The molecule has 3 N–H and O–H groups in total.